The molecule has 0 bridgehead atoms. The molecule has 10 heteroatoms. The van der Waals surface area contributed by atoms with E-state index in [2.05, 4.69) is 15.4 Å². The summed E-state index contributed by atoms with van der Waals surface area (Å²) in [5.74, 6) is -1.51. The van der Waals surface area contributed by atoms with Crippen LogP contribution in [0.5, 0.6) is 5.75 Å². The first-order chi connectivity index (χ1) is 10.3. The van der Waals surface area contributed by atoms with Crippen LogP contribution in [-0.4, -0.2) is 45.5 Å². The lowest BCUT2D eigenvalue weighted by atomic mass is 10.2. The lowest BCUT2D eigenvalue weighted by Gasteiger charge is -2.14. The fraction of sp³-hybridized carbons (Fsp3) is 0.462. The molecule has 0 spiro atoms. The van der Waals surface area contributed by atoms with Gasteiger partial charge in [-0.25, -0.2) is 4.39 Å². The van der Waals surface area contributed by atoms with Gasteiger partial charge in [0.05, 0.1) is 18.8 Å². The predicted octanol–water partition coefficient (Wildman–Crippen LogP) is 2.36. The van der Waals surface area contributed by atoms with Crippen LogP contribution < -0.4 is 15.4 Å². The Bertz CT molecular complexity index is 501. The first-order valence-electron chi connectivity index (χ1n) is 6.30. The number of halogens is 5. The number of rotatable bonds is 8. The molecule has 1 aromatic rings. The van der Waals surface area contributed by atoms with Gasteiger partial charge in [-0.3, -0.25) is 4.79 Å². The quantitative estimate of drug-likeness (QED) is 0.552. The smallest absolute Gasteiger partial charge is 0.422 e. The Kier molecular flexibility index (Phi) is 9.54. The van der Waals surface area contributed by atoms with Crippen LogP contribution in [-0.2, 0) is 9.53 Å². The van der Waals surface area contributed by atoms with Crippen molar-refractivity contribution in [2.24, 2.45) is 0 Å². The first kappa shape index (κ1) is 21.4. The van der Waals surface area contributed by atoms with Crippen LogP contribution in [0.15, 0.2) is 18.2 Å². The highest BCUT2D eigenvalue weighted by Gasteiger charge is 2.29. The zero-order valence-electron chi connectivity index (χ0n) is 12.2. The number of ether oxygens (including phenoxy) is 2. The molecule has 0 atom stereocenters. The fourth-order valence-electron chi connectivity index (χ4n) is 1.46. The van der Waals surface area contributed by atoms with Crippen LogP contribution in [0.3, 0.4) is 0 Å². The van der Waals surface area contributed by atoms with Crippen molar-refractivity contribution in [2.75, 3.05) is 38.7 Å². The first-order valence-corrected chi connectivity index (χ1v) is 6.30. The highest BCUT2D eigenvalue weighted by molar-refractivity contribution is 5.93. The zero-order chi connectivity index (χ0) is 16.6. The third-order valence-electron chi connectivity index (χ3n) is 2.38. The predicted molar refractivity (Wildman–Crippen MR) is 78.6 cm³/mol. The summed E-state index contributed by atoms with van der Waals surface area (Å²) in [4.78, 5) is 11.6. The number of amides is 1. The van der Waals surface area contributed by atoms with Crippen molar-refractivity contribution >= 4 is 24.0 Å². The molecule has 1 rings (SSSR count). The number of hydrogen-bond donors (Lipinski definition) is 2. The molecule has 0 heterocycles. The van der Waals surface area contributed by atoms with E-state index < -0.39 is 24.5 Å². The van der Waals surface area contributed by atoms with E-state index in [1.54, 1.807) is 0 Å². The van der Waals surface area contributed by atoms with Crippen LogP contribution in [0.2, 0.25) is 0 Å². The third kappa shape index (κ3) is 9.22. The lowest BCUT2D eigenvalue weighted by molar-refractivity contribution is -0.153. The van der Waals surface area contributed by atoms with Crippen molar-refractivity contribution in [1.82, 2.24) is 5.32 Å². The molecule has 2 N–H and O–H groups in total. The summed E-state index contributed by atoms with van der Waals surface area (Å²) in [6, 6.07) is 2.85. The number of methoxy groups -OCH3 is 1. The lowest BCUT2D eigenvalue weighted by Crippen LogP contribution is -2.30. The van der Waals surface area contributed by atoms with Gasteiger partial charge in [0.1, 0.15) is 11.6 Å². The van der Waals surface area contributed by atoms with E-state index in [-0.39, 0.29) is 30.4 Å². The van der Waals surface area contributed by atoms with Gasteiger partial charge < -0.3 is 20.1 Å². The molecule has 0 aliphatic carbocycles. The van der Waals surface area contributed by atoms with Gasteiger partial charge in [0.15, 0.2) is 6.61 Å². The highest BCUT2D eigenvalue weighted by atomic mass is 35.5. The van der Waals surface area contributed by atoms with Gasteiger partial charge in [-0.2, -0.15) is 13.2 Å². The fourth-order valence-corrected chi connectivity index (χ4v) is 1.46. The summed E-state index contributed by atoms with van der Waals surface area (Å²) in [6.45, 7) is -0.816. The second-order valence-corrected chi connectivity index (χ2v) is 4.26. The van der Waals surface area contributed by atoms with E-state index in [4.69, 9.17) is 4.74 Å². The minimum atomic E-state index is -4.53. The van der Waals surface area contributed by atoms with Crippen molar-refractivity contribution in [3.05, 3.63) is 24.0 Å². The Morgan fingerprint density at radius 3 is 2.61 bits per heavy atom. The van der Waals surface area contributed by atoms with E-state index in [1.807, 2.05) is 0 Å². The molecule has 0 unspecified atom stereocenters. The number of nitrogens with one attached hydrogen (secondary N) is 2. The van der Waals surface area contributed by atoms with Crippen LogP contribution in [0.1, 0.15) is 0 Å². The SMILES string of the molecule is COCCNCC(=O)Nc1cc(F)ccc1OCC(F)(F)F.Cl. The maximum absolute atomic E-state index is 13.2. The molecule has 1 amide bonds. The molecule has 0 saturated carbocycles. The van der Waals surface area contributed by atoms with Crippen LogP contribution in [0.4, 0.5) is 23.2 Å². The Hall–Kier alpha value is -1.58. The summed E-state index contributed by atoms with van der Waals surface area (Å²) < 4.78 is 58.9. The van der Waals surface area contributed by atoms with E-state index in [0.717, 1.165) is 18.2 Å². The van der Waals surface area contributed by atoms with Gasteiger partial charge in [-0.1, -0.05) is 0 Å². The molecule has 0 aliphatic heterocycles. The number of hydrogen-bond acceptors (Lipinski definition) is 4. The second kappa shape index (κ2) is 10.2. The van der Waals surface area contributed by atoms with E-state index >= 15 is 0 Å². The average molecular weight is 361 g/mol. The molecular formula is C13H17ClF4N2O3. The number of anilines is 1. The van der Waals surface area contributed by atoms with Crippen molar-refractivity contribution in [3.63, 3.8) is 0 Å². The highest BCUT2D eigenvalue weighted by Crippen LogP contribution is 2.27. The zero-order valence-corrected chi connectivity index (χ0v) is 13.0. The molecule has 0 radical (unpaired) electrons. The van der Waals surface area contributed by atoms with Crippen molar-refractivity contribution in [3.8, 4) is 5.75 Å². The summed E-state index contributed by atoms with van der Waals surface area (Å²) >= 11 is 0. The molecular weight excluding hydrogens is 344 g/mol. The van der Waals surface area contributed by atoms with Gasteiger partial charge in [0, 0.05) is 19.7 Å². The molecule has 0 fully saturated rings. The van der Waals surface area contributed by atoms with E-state index in [0.29, 0.717) is 13.2 Å². The monoisotopic (exact) mass is 360 g/mol. The number of carbonyl (C=O) groups is 1. The molecule has 23 heavy (non-hydrogen) atoms. The maximum atomic E-state index is 13.2. The number of benzene rings is 1. The largest absolute Gasteiger partial charge is 0.482 e. The topological polar surface area (TPSA) is 59.6 Å². The van der Waals surface area contributed by atoms with E-state index in [9.17, 15) is 22.4 Å². The van der Waals surface area contributed by atoms with Crippen LogP contribution >= 0.6 is 12.4 Å². The average Bonchev–Trinajstić information content (AvgIpc) is 2.42. The van der Waals surface area contributed by atoms with Crippen molar-refractivity contribution in [2.45, 2.75) is 6.18 Å². The summed E-state index contributed by atoms with van der Waals surface area (Å²) in [7, 11) is 1.50. The minimum absolute atomic E-state index is 0. The normalized spacial score (nSPS) is 10.8. The number of carbonyl (C=O) groups excluding carboxylic acids is 1. The van der Waals surface area contributed by atoms with Crippen molar-refractivity contribution in [1.29, 1.82) is 0 Å². The van der Waals surface area contributed by atoms with Gasteiger partial charge >= 0.3 is 6.18 Å². The second-order valence-electron chi connectivity index (χ2n) is 4.26. The number of alkyl halides is 3. The Balaban J connectivity index is 0.00000484. The van der Waals surface area contributed by atoms with Gasteiger partial charge in [0.25, 0.3) is 0 Å². The third-order valence-corrected chi connectivity index (χ3v) is 2.38. The summed E-state index contributed by atoms with van der Waals surface area (Å²) in [6.07, 6.45) is -4.53. The van der Waals surface area contributed by atoms with Gasteiger partial charge in [-0.05, 0) is 12.1 Å². The van der Waals surface area contributed by atoms with Crippen molar-refractivity contribution < 1.29 is 31.8 Å². The molecule has 5 nitrogen and oxygen atoms in total. The molecule has 0 aliphatic rings. The molecule has 132 valence electrons. The molecule has 0 aromatic heterocycles. The van der Waals surface area contributed by atoms with E-state index in [1.165, 1.54) is 7.11 Å². The molecule has 0 saturated heterocycles. The Morgan fingerprint density at radius 1 is 1.30 bits per heavy atom. The standard InChI is InChI=1S/C13H16F4N2O3.ClH/c1-21-5-4-18-7-12(20)19-10-6-9(14)2-3-11(10)22-8-13(15,16)17;/h2-3,6,18H,4-5,7-8H2,1H3,(H,19,20);1H. The summed E-state index contributed by atoms with van der Waals surface area (Å²) in [5, 5.41) is 5.03. The Morgan fingerprint density at radius 2 is 2.00 bits per heavy atom. The van der Waals surface area contributed by atoms with Crippen LogP contribution in [0.25, 0.3) is 0 Å². The summed E-state index contributed by atoms with van der Waals surface area (Å²) in [5.41, 5.74) is -0.164. The van der Waals surface area contributed by atoms with Gasteiger partial charge in [-0.15, -0.1) is 12.4 Å². The van der Waals surface area contributed by atoms with Crippen LogP contribution in [0, 0.1) is 5.82 Å². The minimum Gasteiger partial charge on any atom is -0.482 e. The molecule has 1 aromatic carbocycles. The maximum Gasteiger partial charge on any atom is 0.422 e. The Labute approximate surface area is 136 Å². The van der Waals surface area contributed by atoms with Gasteiger partial charge in [0.2, 0.25) is 5.91 Å².